The highest BCUT2D eigenvalue weighted by Gasteiger charge is 2.22. The summed E-state index contributed by atoms with van der Waals surface area (Å²) in [7, 11) is 3.07. The van der Waals surface area contributed by atoms with Gasteiger partial charge in [0.05, 0.1) is 19.8 Å². The largest absolute Gasteiger partial charge is 0.497 e. The molecule has 1 aliphatic rings. The number of nitrogens with zero attached hydrogens (tertiary/aromatic N) is 2. The van der Waals surface area contributed by atoms with E-state index in [2.05, 4.69) is 27.2 Å². The third-order valence-electron chi connectivity index (χ3n) is 4.68. The first kappa shape index (κ1) is 20.6. The van der Waals surface area contributed by atoms with E-state index in [1.807, 2.05) is 25.1 Å². The van der Waals surface area contributed by atoms with Crippen molar-refractivity contribution in [3.63, 3.8) is 0 Å². The van der Waals surface area contributed by atoms with Gasteiger partial charge in [0.2, 0.25) is 0 Å². The Kier molecular flexibility index (Phi) is 6.88. The molecule has 1 saturated heterocycles. The number of thiophene rings is 1. The van der Waals surface area contributed by atoms with Crippen molar-refractivity contribution in [1.29, 1.82) is 0 Å². The Hall–Kier alpha value is -2.16. The quantitative estimate of drug-likeness (QED) is 0.589. The van der Waals surface area contributed by atoms with Gasteiger partial charge in [0.25, 0.3) is 0 Å². The van der Waals surface area contributed by atoms with Crippen molar-refractivity contribution < 1.29 is 14.3 Å². The normalized spacial score (nSPS) is 14.6. The molecule has 1 aromatic heterocycles. The third-order valence-corrected chi connectivity index (χ3v) is 6.01. The van der Waals surface area contributed by atoms with E-state index in [-0.39, 0.29) is 5.97 Å². The van der Waals surface area contributed by atoms with Crippen molar-refractivity contribution in [3.8, 4) is 5.75 Å². The first-order valence-corrected chi connectivity index (χ1v) is 10.3. The lowest BCUT2D eigenvalue weighted by atomic mass is 10.2. The topological polar surface area (TPSA) is 54.0 Å². The molecule has 2 heterocycles. The fourth-order valence-electron chi connectivity index (χ4n) is 3.18. The lowest BCUT2D eigenvalue weighted by Gasteiger charge is -2.36. The molecule has 0 unspecified atom stereocenters. The van der Waals surface area contributed by atoms with Gasteiger partial charge in [-0.25, -0.2) is 4.79 Å². The number of hydrogen-bond acceptors (Lipinski definition) is 6. The molecular formula is C20H25N3O3S2. The van der Waals surface area contributed by atoms with Gasteiger partial charge in [-0.05, 0) is 42.9 Å². The molecule has 3 rings (SSSR count). The highest BCUT2D eigenvalue weighted by molar-refractivity contribution is 7.80. The molecule has 6 nitrogen and oxygen atoms in total. The number of piperazine rings is 1. The van der Waals surface area contributed by atoms with Crippen LogP contribution in [0.2, 0.25) is 0 Å². The van der Waals surface area contributed by atoms with Gasteiger partial charge in [-0.1, -0.05) is 12.1 Å². The average molecular weight is 420 g/mol. The molecule has 0 bridgehead atoms. The molecule has 8 heteroatoms. The molecule has 0 saturated carbocycles. The van der Waals surface area contributed by atoms with Crippen LogP contribution >= 0.6 is 23.6 Å². The van der Waals surface area contributed by atoms with Gasteiger partial charge in [0, 0.05) is 37.6 Å². The number of aryl methyl sites for hydroxylation is 1. The standard InChI is InChI=1S/C20H25N3O3S2/c1-14-11-17(19(24)26-3)18(28-14)21-20(27)23-9-7-22(8-10-23)13-15-5-4-6-16(12-15)25-2/h4-6,11-12H,7-10,13H2,1-3H3,(H,21,27). The maximum Gasteiger partial charge on any atom is 0.340 e. The summed E-state index contributed by atoms with van der Waals surface area (Å²) >= 11 is 7.09. The van der Waals surface area contributed by atoms with Gasteiger partial charge in [0.1, 0.15) is 10.8 Å². The number of carbonyl (C=O) groups is 1. The summed E-state index contributed by atoms with van der Waals surface area (Å²) in [6, 6.07) is 10.00. The van der Waals surface area contributed by atoms with Crippen LogP contribution in [0.1, 0.15) is 20.8 Å². The zero-order valence-electron chi connectivity index (χ0n) is 16.4. The number of methoxy groups -OCH3 is 2. The predicted octanol–water partition coefficient (Wildman–Crippen LogP) is 3.37. The first-order chi connectivity index (χ1) is 13.5. The average Bonchev–Trinajstić information content (AvgIpc) is 3.08. The Morgan fingerprint density at radius 2 is 1.96 bits per heavy atom. The SMILES string of the molecule is COC(=O)c1cc(C)sc1NC(=S)N1CCN(Cc2cccc(OC)c2)CC1. The fraction of sp³-hybridized carbons (Fsp3) is 0.400. The molecule has 1 aromatic carbocycles. The highest BCUT2D eigenvalue weighted by atomic mass is 32.1. The third kappa shape index (κ3) is 5.01. The maximum absolute atomic E-state index is 11.9. The van der Waals surface area contributed by atoms with Crippen LogP contribution in [0.4, 0.5) is 5.00 Å². The molecule has 0 amide bonds. The van der Waals surface area contributed by atoms with Crippen molar-refractivity contribution in [2.45, 2.75) is 13.5 Å². The van der Waals surface area contributed by atoms with E-state index in [0.29, 0.717) is 10.7 Å². The number of benzene rings is 1. The molecule has 0 radical (unpaired) electrons. The van der Waals surface area contributed by atoms with E-state index >= 15 is 0 Å². The number of rotatable bonds is 5. The van der Waals surface area contributed by atoms with Crippen molar-refractivity contribution in [2.75, 3.05) is 45.7 Å². The number of ether oxygens (including phenoxy) is 2. The minimum atomic E-state index is -0.349. The molecule has 1 N–H and O–H groups in total. The van der Waals surface area contributed by atoms with Gasteiger partial charge < -0.3 is 19.7 Å². The van der Waals surface area contributed by atoms with E-state index in [1.54, 1.807) is 7.11 Å². The second-order valence-electron chi connectivity index (χ2n) is 6.64. The van der Waals surface area contributed by atoms with E-state index in [0.717, 1.165) is 48.4 Å². The lowest BCUT2D eigenvalue weighted by Crippen LogP contribution is -2.49. The van der Waals surface area contributed by atoms with Crippen molar-refractivity contribution in [1.82, 2.24) is 9.80 Å². The van der Waals surface area contributed by atoms with E-state index < -0.39 is 0 Å². The second-order valence-corrected chi connectivity index (χ2v) is 8.28. The molecule has 1 fully saturated rings. The maximum atomic E-state index is 11.9. The van der Waals surface area contributed by atoms with E-state index in [1.165, 1.54) is 24.0 Å². The van der Waals surface area contributed by atoms with Gasteiger partial charge in [-0.2, -0.15) is 0 Å². The zero-order valence-corrected chi connectivity index (χ0v) is 18.0. The van der Waals surface area contributed by atoms with Crippen LogP contribution < -0.4 is 10.1 Å². The van der Waals surface area contributed by atoms with Crippen LogP contribution in [-0.2, 0) is 11.3 Å². The van der Waals surface area contributed by atoms with Gasteiger partial charge in [0.15, 0.2) is 5.11 Å². The minimum Gasteiger partial charge on any atom is -0.497 e. The van der Waals surface area contributed by atoms with Crippen LogP contribution in [0.15, 0.2) is 30.3 Å². The summed E-state index contributed by atoms with van der Waals surface area (Å²) in [5.41, 5.74) is 1.77. The van der Waals surface area contributed by atoms with Crippen LogP contribution in [0.25, 0.3) is 0 Å². The summed E-state index contributed by atoms with van der Waals surface area (Å²) in [6.07, 6.45) is 0. The summed E-state index contributed by atoms with van der Waals surface area (Å²) < 4.78 is 10.2. The summed E-state index contributed by atoms with van der Waals surface area (Å²) in [5, 5.41) is 4.63. The number of thiocarbonyl (C=S) groups is 1. The Morgan fingerprint density at radius 1 is 1.21 bits per heavy atom. The minimum absolute atomic E-state index is 0.349. The molecule has 150 valence electrons. The summed E-state index contributed by atoms with van der Waals surface area (Å²) in [4.78, 5) is 17.5. The molecule has 0 aliphatic carbocycles. The highest BCUT2D eigenvalue weighted by Crippen LogP contribution is 2.28. The van der Waals surface area contributed by atoms with Crippen molar-refractivity contribution in [3.05, 3.63) is 46.3 Å². The number of esters is 1. The fourth-order valence-corrected chi connectivity index (χ4v) is 4.43. The molecule has 0 atom stereocenters. The monoisotopic (exact) mass is 419 g/mol. The van der Waals surface area contributed by atoms with Crippen LogP contribution in [0.5, 0.6) is 5.75 Å². The molecule has 0 spiro atoms. The van der Waals surface area contributed by atoms with Gasteiger partial charge in [-0.15, -0.1) is 11.3 Å². The first-order valence-electron chi connectivity index (χ1n) is 9.10. The summed E-state index contributed by atoms with van der Waals surface area (Å²) in [5.74, 6) is 0.534. The van der Waals surface area contributed by atoms with Crippen LogP contribution in [-0.4, -0.2) is 61.3 Å². The molecule has 2 aromatic rings. The predicted molar refractivity (Wildman–Crippen MR) is 116 cm³/mol. The Labute approximate surface area is 175 Å². The lowest BCUT2D eigenvalue weighted by molar-refractivity contribution is 0.0602. The number of nitrogens with one attached hydrogen (secondary N) is 1. The molecular weight excluding hydrogens is 394 g/mol. The number of carbonyl (C=O) groups excluding carboxylic acids is 1. The Bertz CT molecular complexity index is 845. The smallest absolute Gasteiger partial charge is 0.340 e. The zero-order chi connectivity index (χ0) is 20.1. The number of anilines is 1. The van der Waals surface area contributed by atoms with Gasteiger partial charge >= 0.3 is 5.97 Å². The second kappa shape index (κ2) is 9.36. The Morgan fingerprint density at radius 3 is 2.64 bits per heavy atom. The molecule has 28 heavy (non-hydrogen) atoms. The van der Waals surface area contributed by atoms with E-state index in [9.17, 15) is 4.79 Å². The van der Waals surface area contributed by atoms with Crippen molar-refractivity contribution >= 4 is 39.6 Å². The van der Waals surface area contributed by atoms with Gasteiger partial charge in [-0.3, -0.25) is 4.90 Å². The Balaban J connectivity index is 1.55. The van der Waals surface area contributed by atoms with E-state index in [4.69, 9.17) is 21.7 Å². The van der Waals surface area contributed by atoms with Crippen molar-refractivity contribution in [2.24, 2.45) is 0 Å². The molecule has 1 aliphatic heterocycles. The number of hydrogen-bond donors (Lipinski definition) is 1. The van der Waals surface area contributed by atoms with Crippen LogP contribution in [0, 0.1) is 6.92 Å². The van der Waals surface area contributed by atoms with Crippen LogP contribution in [0.3, 0.4) is 0 Å². The summed E-state index contributed by atoms with van der Waals surface area (Å²) in [6.45, 7) is 6.38.